The summed E-state index contributed by atoms with van der Waals surface area (Å²) in [5.74, 6) is 1.65. The van der Waals surface area contributed by atoms with E-state index in [1.54, 1.807) is 7.11 Å². The Morgan fingerprint density at radius 1 is 1.44 bits per heavy atom. The van der Waals surface area contributed by atoms with Crippen molar-refractivity contribution in [3.63, 3.8) is 0 Å². The van der Waals surface area contributed by atoms with Crippen LogP contribution in [0.5, 0.6) is 11.5 Å². The Morgan fingerprint density at radius 3 is 3.12 bits per heavy atom. The molecule has 4 heteroatoms. The van der Waals surface area contributed by atoms with Gasteiger partial charge in [0.2, 0.25) is 0 Å². The summed E-state index contributed by atoms with van der Waals surface area (Å²) >= 11 is 6.11. The van der Waals surface area contributed by atoms with Crippen LogP contribution >= 0.6 is 11.6 Å². The molecule has 3 nitrogen and oxygen atoms in total. The maximum atomic E-state index is 6.11. The second-order valence-corrected chi connectivity index (χ2v) is 4.05. The number of hydrogen-bond acceptors (Lipinski definition) is 3. The molecule has 0 fully saturated rings. The average molecular weight is 236 g/mol. The van der Waals surface area contributed by atoms with E-state index in [0.717, 1.165) is 34.4 Å². The topological polar surface area (TPSA) is 31.4 Å². The highest BCUT2D eigenvalue weighted by Gasteiger charge is 2.20. The molecule has 0 saturated carbocycles. The number of halogens is 1. The summed E-state index contributed by atoms with van der Waals surface area (Å²) < 4.78 is 10.8. The Bertz CT molecular complexity index is 568. The monoisotopic (exact) mass is 235 g/mol. The Morgan fingerprint density at radius 2 is 2.31 bits per heavy atom. The van der Waals surface area contributed by atoms with Crippen LogP contribution in [0.2, 0.25) is 5.15 Å². The molecule has 2 aromatic rings. The van der Waals surface area contributed by atoms with Crippen molar-refractivity contribution in [2.24, 2.45) is 0 Å². The normalized spacial score (nSPS) is 13.6. The first kappa shape index (κ1) is 9.73. The van der Waals surface area contributed by atoms with Crippen molar-refractivity contribution >= 4 is 22.5 Å². The van der Waals surface area contributed by atoms with Gasteiger partial charge in [-0.15, -0.1) is 0 Å². The minimum absolute atomic E-state index is 0.535. The SMILES string of the molecule is COc1ccc2c3c(c(Cl)nc2c1)CCO3. The van der Waals surface area contributed by atoms with Crippen molar-refractivity contribution in [3.05, 3.63) is 28.9 Å². The van der Waals surface area contributed by atoms with E-state index in [9.17, 15) is 0 Å². The lowest BCUT2D eigenvalue weighted by molar-refractivity contribution is 0.360. The highest BCUT2D eigenvalue weighted by atomic mass is 35.5. The van der Waals surface area contributed by atoms with E-state index in [2.05, 4.69) is 4.98 Å². The zero-order chi connectivity index (χ0) is 11.1. The third-order valence-corrected chi connectivity index (χ3v) is 3.10. The standard InChI is InChI=1S/C12H10ClNO2/c1-15-7-2-3-8-10(6-7)14-12(13)9-4-5-16-11(8)9/h2-3,6H,4-5H2,1H3. The summed E-state index contributed by atoms with van der Waals surface area (Å²) in [6.45, 7) is 0.682. The number of aromatic nitrogens is 1. The van der Waals surface area contributed by atoms with Crippen molar-refractivity contribution in [2.75, 3.05) is 13.7 Å². The molecule has 1 aromatic carbocycles. The number of nitrogens with zero attached hydrogens (tertiary/aromatic N) is 1. The minimum Gasteiger partial charge on any atom is -0.497 e. The number of pyridine rings is 1. The lowest BCUT2D eigenvalue weighted by Crippen LogP contribution is -1.89. The summed E-state index contributed by atoms with van der Waals surface area (Å²) in [6.07, 6.45) is 0.836. The van der Waals surface area contributed by atoms with Gasteiger partial charge >= 0.3 is 0 Å². The molecule has 0 spiro atoms. The maximum absolute atomic E-state index is 6.11. The predicted octanol–water partition coefficient (Wildman–Crippen LogP) is 2.83. The van der Waals surface area contributed by atoms with Gasteiger partial charge in [0.05, 0.1) is 19.2 Å². The number of ether oxygens (including phenoxy) is 2. The largest absolute Gasteiger partial charge is 0.497 e. The van der Waals surface area contributed by atoms with E-state index < -0.39 is 0 Å². The third-order valence-electron chi connectivity index (χ3n) is 2.79. The number of rotatable bonds is 1. The fraction of sp³-hybridized carbons (Fsp3) is 0.250. The van der Waals surface area contributed by atoms with Crippen LogP contribution in [0.1, 0.15) is 5.56 Å². The van der Waals surface area contributed by atoms with Crippen LogP contribution < -0.4 is 9.47 Å². The van der Waals surface area contributed by atoms with E-state index >= 15 is 0 Å². The minimum atomic E-state index is 0.535. The molecule has 1 aromatic heterocycles. The first-order valence-corrected chi connectivity index (χ1v) is 5.46. The molecule has 0 atom stereocenters. The first-order valence-electron chi connectivity index (χ1n) is 5.08. The van der Waals surface area contributed by atoms with Crippen LogP contribution in [0.3, 0.4) is 0 Å². The zero-order valence-corrected chi connectivity index (χ0v) is 9.54. The summed E-state index contributed by atoms with van der Waals surface area (Å²) in [4.78, 5) is 4.36. The number of hydrogen-bond donors (Lipinski definition) is 0. The molecular formula is C12H10ClNO2. The van der Waals surface area contributed by atoms with Crippen molar-refractivity contribution in [2.45, 2.75) is 6.42 Å². The third kappa shape index (κ3) is 1.32. The van der Waals surface area contributed by atoms with Gasteiger partial charge in [-0.1, -0.05) is 11.6 Å². The molecule has 1 aliphatic heterocycles. The Labute approximate surface area is 98.0 Å². The molecule has 16 heavy (non-hydrogen) atoms. The van der Waals surface area contributed by atoms with Gasteiger partial charge in [-0.3, -0.25) is 0 Å². The Balaban J connectivity index is 2.33. The van der Waals surface area contributed by atoms with Crippen molar-refractivity contribution in [1.29, 1.82) is 0 Å². The van der Waals surface area contributed by atoms with Crippen LogP contribution in [-0.2, 0) is 6.42 Å². The van der Waals surface area contributed by atoms with Crippen LogP contribution in [0.4, 0.5) is 0 Å². The highest BCUT2D eigenvalue weighted by Crippen LogP contribution is 2.38. The second kappa shape index (κ2) is 3.52. The Kier molecular flexibility index (Phi) is 2.14. The molecule has 0 N–H and O–H groups in total. The second-order valence-electron chi connectivity index (χ2n) is 3.69. The number of fused-ring (bicyclic) bond motifs is 3. The van der Waals surface area contributed by atoms with Gasteiger partial charge in [0.25, 0.3) is 0 Å². The van der Waals surface area contributed by atoms with Crippen LogP contribution in [-0.4, -0.2) is 18.7 Å². The summed E-state index contributed by atoms with van der Waals surface area (Å²) in [7, 11) is 1.63. The van der Waals surface area contributed by atoms with Crippen molar-refractivity contribution in [3.8, 4) is 11.5 Å². The van der Waals surface area contributed by atoms with Gasteiger partial charge in [0, 0.05) is 23.4 Å². The van der Waals surface area contributed by atoms with E-state index in [1.807, 2.05) is 18.2 Å². The van der Waals surface area contributed by atoms with E-state index in [1.165, 1.54) is 0 Å². The van der Waals surface area contributed by atoms with Crippen LogP contribution in [0, 0.1) is 0 Å². The van der Waals surface area contributed by atoms with Gasteiger partial charge < -0.3 is 9.47 Å². The smallest absolute Gasteiger partial charge is 0.136 e. The molecule has 0 radical (unpaired) electrons. The molecule has 3 rings (SSSR count). The molecular weight excluding hydrogens is 226 g/mol. The van der Waals surface area contributed by atoms with E-state index in [0.29, 0.717) is 11.8 Å². The van der Waals surface area contributed by atoms with Crippen molar-refractivity contribution < 1.29 is 9.47 Å². The van der Waals surface area contributed by atoms with Gasteiger partial charge in [0.15, 0.2) is 0 Å². The van der Waals surface area contributed by atoms with Gasteiger partial charge in [-0.05, 0) is 12.1 Å². The van der Waals surface area contributed by atoms with Gasteiger partial charge in [-0.25, -0.2) is 4.98 Å². The maximum Gasteiger partial charge on any atom is 0.136 e. The molecule has 0 unspecified atom stereocenters. The average Bonchev–Trinajstić information content (AvgIpc) is 2.78. The lowest BCUT2D eigenvalue weighted by Gasteiger charge is -2.07. The van der Waals surface area contributed by atoms with Crippen molar-refractivity contribution in [1.82, 2.24) is 4.98 Å². The number of methoxy groups -OCH3 is 1. The van der Waals surface area contributed by atoms with Gasteiger partial charge in [0.1, 0.15) is 16.7 Å². The molecule has 82 valence electrons. The summed E-state index contributed by atoms with van der Waals surface area (Å²) in [5.41, 5.74) is 1.82. The predicted molar refractivity (Wildman–Crippen MR) is 62.5 cm³/mol. The van der Waals surface area contributed by atoms with Crippen LogP contribution in [0.15, 0.2) is 18.2 Å². The number of benzene rings is 1. The van der Waals surface area contributed by atoms with E-state index in [-0.39, 0.29) is 0 Å². The Hall–Kier alpha value is -1.48. The lowest BCUT2D eigenvalue weighted by atomic mass is 10.1. The molecule has 1 aliphatic rings. The van der Waals surface area contributed by atoms with E-state index in [4.69, 9.17) is 21.1 Å². The molecule has 2 heterocycles. The van der Waals surface area contributed by atoms with Crippen LogP contribution in [0.25, 0.3) is 10.9 Å². The first-order chi connectivity index (χ1) is 7.79. The molecule has 0 bridgehead atoms. The fourth-order valence-corrected chi connectivity index (χ4v) is 2.26. The quantitative estimate of drug-likeness (QED) is 0.713. The summed E-state index contributed by atoms with van der Waals surface area (Å²) in [5, 5.41) is 1.53. The fourth-order valence-electron chi connectivity index (χ4n) is 1.99. The summed E-state index contributed by atoms with van der Waals surface area (Å²) in [6, 6.07) is 5.73. The molecule has 0 aliphatic carbocycles. The molecule has 0 amide bonds. The highest BCUT2D eigenvalue weighted by molar-refractivity contribution is 6.31. The van der Waals surface area contributed by atoms with Gasteiger partial charge in [-0.2, -0.15) is 0 Å². The zero-order valence-electron chi connectivity index (χ0n) is 8.79. The molecule has 0 saturated heterocycles.